The van der Waals surface area contributed by atoms with E-state index < -0.39 is 11.5 Å². The van der Waals surface area contributed by atoms with Crippen LogP contribution in [0.3, 0.4) is 0 Å². The van der Waals surface area contributed by atoms with Gasteiger partial charge in [0.05, 0.1) is 23.1 Å². The van der Waals surface area contributed by atoms with E-state index in [0.29, 0.717) is 24.3 Å². The first-order chi connectivity index (χ1) is 13.0. The van der Waals surface area contributed by atoms with Crippen molar-refractivity contribution in [3.05, 3.63) is 54.5 Å². The Hall–Kier alpha value is -3.26. The van der Waals surface area contributed by atoms with E-state index in [1.165, 1.54) is 11.1 Å². The van der Waals surface area contributed by atoms with Crippen LogP contribution in [0.4, 0.5) is 0 Å². The fourth-order valence-electron chi connectivity index (χ4n) is 3.39. The molecule has 1 aliphatic heterocycles. The first kappa shape index (κ1) is 17.2. The topological polar surface area (TPSA) is 114 Å². The summed E-state index contributed by atoms with van der Waals surface area (Å²) in [6.07, 6.45) is 3.95. The molecule has 1 unspecified atom stereocenters. The summed E-state index contributed by atoms with van der Waals surface area (Å²) < 4.78 is 1.84. The predicted octanol–water partition coefficient (Wildman–Crippen LogP) is 0.873. The number of primary amides is 1. The molecule has 2 aromatic heterocycles. The smallest absolute Gasteiger partial charge is 0.255 e. The van der Waals surface area contributed by atoms with Gasteiger partial charge in [0.1, 0.15) is 12.1 Å². The molecule has 1 fully saturated rings. The molecular formula is C19H19N5O3. The van der Waals surface area contributed by atoms with Crippen LogP contribution in [0.2, 0.25) is 0 Å². The third-order valence-electron chi connectivity index (χ3n) is 4.91. The van der Waals surface area contributed by atoms with Gasteiger partial charge in [-0.1, -0.05) is 12.1 Å². The number of hydrogen-bond donors (Lipinski definition) is 2. The fourth-order valence-corrected chi connectivity index (χ4v) is 3.39. The maximum Gasteiger partial charge on any atom is 0.255 e. The van der Waals surface area contributed by atoms with Crippen molar-refractivity contribution in [1.82, 2.24) is 19.4 Å². The van der Waals surface area contributed by atoms with E-state index in [-0.39, 0.29) is 18.9 Å². The lowest BCUT2D eigenvalue weighted by molar-refractivity contribution is -0.140. The van der Waals surface area contributed by atoms with Crippen molar-refractivity contribution >= 4 is 22.8 Å². The number of benzene rings is 1. The van der Waals surface area contributed by atoms with E-state index in [0.717, 1.165) is 11.0 Å². The van der Waals surface area contributed by atoms with Crippen molar-refractivity contribution in [3.63, 3.8) is 0 Å². The molecule has 0 bridgehead atoms. The molecule has 8 heteroatoms. The molecule has 2 amide bonds. The fraction of sp³-hybridized carbons (Fsp3) is 0.263. The molecule has 3 heterocycles. The number of pyridine rings is 1. The average Bonchev–Trinajstić information content (AvgIpc) is 3.12. The van der Waals surface area contributed by atoms with Gasteiger partial charge in [0.15, 0.2) is 5.60 Å². The number of rotatable bonds is 3. The molecule has 1 aromatic carbocycles. The number of imidazole rings is 1. The molecule has 27 heavy (non-hydrogen) atoms. The van der Waals surface area contributed by atoms with Crippen LogP contribution in [0.5, 0.6) is 0 Å². The molecular weight excluding hydrogens is 346 g/mol. The highest BCUT2D eigenvalue weighted by atomic mass is 16.3. The van der Waals surface area contributed by atoms with Crippen molar-refractivity contribution in [2.24, 2.45) is 5.73 Å². The molecule has 0 aliphatic carbocycles. The van der Waals surface area contributed by atoms with Crippen LogP contribution in [0.1, 0.15) is 23.2 Å². The van der Waals surface area contributed by atoms with E-state index >= 15 is 0 Å². The van der Waals surface area contributed by atoms with Crippen molar-refractivity contribution in [2.45, 2.75) is 18.4 Å². The molecule has 1 aliphatic rings. The molecule has 0 radical (unpaired) electrons. The largest absolute Gasteiger partial charge is 0.378 e. The molecule has 138 valence electrons. The first-order valence-electron chi connectivity index (χ1n) is 8.68. The first-order valence-corrected chi connectivity index (χ1v) is 8.68. The SMILES string of the molecule is NC(=O)C1(O)CCCN(C(=O)c2ccc(-n3cnc4ccccc43)nc2)C1. The molecule has 1 saturated heterocycles. The van der Waals surface area contributed by atoms with Gasteiger partial charge in [0, 0.05) is 12.7 Å². The monoisotopic (exact) mass is 365 g/mol. The third kappa shape index (κ3) is 3.04. The summed E-state index contributed by atoms with van der Waals surface area (Å²) in [6.45, 7) is 0.359. The van der Waals surface area contributed by atoms with Crippen LogP contribution in [0.15, 0.2) is 48.9 Å². The Morgan fingerprint density at radius 3 is 2.70 bits per heavy atom. The Morgan fingerprint density at radius 2 is 1.96 bits per heavy atom. The van der Waals surface area contributed by atoms with E-state index in [2.05, 4.69) is 9.97 Å². The van der Waals surface area contributed by atoms with Gasteiger partial charge in [-0.3, -0.25) is 14.2 Å². The number of nitrogens with two attached hydrogens (primary N) is 1. The summed E-state index contributed by atoms with van der Waals surface area (Å²) in [7, 11) is 0. The minimum atomic E-state index is -1.67. The Bertz CT molecular complexity index is 1010. The van der Waals surface area contributed by atoms with E-state index in [1.54, 1.807) is 18.5 Å². The van der Waals surface area contributed by atoms with Crippen LogP contribution < -0.4 is 5.73 Å². The second-order valence-corrected chi connectivity index (χ2v) is 6.73. The molecule has 0 spiro atoms. The number of aliphatic hydroxyl groups is 1. The van der Waals surface area contributed by atoms with E-state index in [1.807, 2.05) is 28.8 Å². The minimum Gasteiger partial charge on any atom is -0.378 e. The summed E-state index contributed by atoms with van der Waals surface area (Å²) in [4.78, 5) is 34.4. The van der Waals surface area contributed by atoms with Gasteiger partial charge in [-0.25, -0.2) is 9.97 Å². The zero-order valence-electron chi connectivity index (χ0n) is 14.6. The normalized spacial score (nSPS) is 20.0. The zero-order chi connectivity index (χ0) is 19.0. The lowest BCUT2D eigenvalue weighted by Crippen LogP contribution is -2.57. The number of aromatic nitrogens is 3. The van der Waals surface area contributed by atoms with E-state index in [4.69, 9.17) is 5.73 Å². The lowest BCUT2D eigenvalue weighted by Gasteiger charge is -2.37. The average molecular weight is 365 g/mol. The van der Waals surface area contributed by atoms with Gasteiger partial charge in [-0.05, 0) is 37.1 Å². The van der Waals surface area contributed by atoms with Gasteiger partial charge in [0.25, 0.3) is 11.8 Å². The van der Waals surface area contributed by atoms with Gasteiger partial charge in [-0.15, -0.1) is 0 Å². The van der Waals surface area contributed by atoms with Crippen molar-refractivity contribution in [3.8, 4) is 5.82 Å². The molecule has 3 aromatic rings. The number of β-amino-alcohol motifs (C(OH)–C–C–N with tert-alkyl or cyclic N) is 1. The van der Waals surface area contributed by atoms with Crippen LogP contribution in [0, 0.1) is 0 Å². The lowest BCUT2D eigenvalue weighted by atomic mass is 9.92. The number of hydrogen-bond acceptors (Lipinski definition) is 5. The second-order valence-electron chi connectivity index (χ2n) is 6.73. The number of amides is 2. The van der Waals surface area contributed by atoms with Gasteiger partial charge in [0.2, 0.25) is 0 Å². The number of likely N-dealkylation sites (tertiary alicyclic amines) is 1. The Labute approximate surface area is 155 Å². The second kappa shape index (κ2) is 6.48. The van der Waals surface area contributed by atoms with Crippen LogP contribution >= 0.6 is 0 Å². The van der Waals surface area contributed by atoms with Gasteiger partial charge < -0.3 is 15.7 Å². The molecule has 1 atom stereocenters. The molecule has 8 nitrogen and oxygen atoms in total. The number of nitrogens with zero attached hydrogens (tertiary/aromatic N) is 4. The quantitative estimate of drug-likeness (QED) is 0.715. The van der Waals surface area contributed by atoms with Crippen LogP contribution in [0.25, 0.3) is 16.9 Å². The van der Waals surface area contributed by atoms with Gasteiger partial charge >= 0.3 is 0 Å². The number of piperidine rings is 1. The molecule has 3 N–H and O–H groups in total. The highest BCUT2D eigenvalue weighted by molar-refractivity contribution is 5.95. The Kier molecular flexibility index (Phi) is 4.12. The predicted molar refractivity (Wildman–Crippen MR) is 98.1 cm³/mol. The summed E-state index contributed by atoms with van der Waals surface area (Å²) in [5.41, 5.74) is 5.77. The molecule has 4 rings (SSSR count). The zero-order valence-corrected chi connectivity index (χ0v) is 14.6. The summed E-state index contributed by atoms with van der Waals surface area (Å²) >= 11 is 0. The third-order valence-corrected chi connectivity index (χ3v) is 4.91. The standard InChI is InChI=1S/C19H19N5O3/c20-18(26)19(27)8-3-9-23(11-19)17(25)13-6-7-16(21-10-13)24-12-22-14-4-1-2-5-15(14)24/h1-2,4-7,10,12,27H,3,8-9,11H2,(H2,20,26). The number of carbonyl (C=O) groups excluding carboxylic acids is 2. The van der Waals surface area contributed by atoms with Gasteiger partial charge in [-0.2, -0.15) is 0 Å². The Balaban J connectivity index is 1.57. The van der Waals surface area contributed by atoms with Crippen LogP contribution in [-0.4, -0.2) is 55.0 Å². The Morgan fingerprint density at radius 1 is 1.15 bits per heavy atom. The van der Waals surface area contributed by atoms with Crippen LogP contribution in [-0.2, 0) is 4.79 Å². The maximum absolute atomic E-state index is 12.7. The number of fused-ring (bicyclic) bond motifs is 1. The van der Waals surface area contributed by atoms with E-state index in [9.17, 15) is 14.7 Å². The highest BCUT2D eigenvalue weighted by Gasteiger charge is 2.40. The summed E-state index contributed by atoms with van der Waals surface area (Å²) in [5.74, 6) is -0.447. The maximum atomic E-state index is 12.7. The molecule has 0 saturated carbocycles. The highest BCUT2D eigenvalue weighted by Crippen LogP contribution is 2.23. The van der Waals surface area contributed by atoms with Crippen molar-refractivity contribution in [2.75, 3.05) is 13.1 Å². The number of para-hydroxylation sites is 2. The summed E-state index contributed by atoms with van der Waals surface area (Å²) in [5, 5.41) is 10.3. The van der Waals surface area contributed by atoms with Crippen molar-refractivity contribution in [1.29, 1.82) is 0 Å². The number of carbonyl (C=O) groups is 2. The summed E-state index contributed by atoms with van der Waals surface area (Å²) in [6, 6.07) is 11.1. The minimum absolute atomic E-state index is 0.102. The van der Waals surface area contributed by atoms with Crippen molar-refractivity contribution < 1.29 is 14.7 Å².